The molecular weight excluding hydrogens is 267 g/mol. The van der Waals surface area contributed by atoms with Crippen molar-refractivity contribution in [1.82, 2.24) is 4.98 Å². The first-order chi connectivity index (χ1) is 6.68. The van der Waals surface area contributed by atoms with Crippen LogP contribution < -0.4 is 4.90 Å². The molecule has 1 aromatic rings. The summed E-state index contributed by atoms with van der Waals surface area (Å²) < 4.78 is 0.680. The highest BCUT2D eigenvalue weighted by atomic mass is 79.9. The van der Waals surface area contributed by atoms with Crippen LogP contribution in [0.2, 0.25) is 0 Å². The predicted octanol–water partition coefficient (Wildman–Crippen LogP) is 2.19. The quantitative estimate of drug-likeness (QED) is 0.581. The average Bonchev–Trinajstić information content (AvgIpc) is 2.46. The fourth-order valence-corrected chi connectivity index (χ4v) is 2.21. The van der Waals surface area contributed by atoms with Gasteiger partial charge in [-0.1, -0.05) is 0 Å². The molecule has 2 heterocycles. The minimum Gasteiger partial charge on any atom is -0.308 e. The van der Waals surface area contributed by atoms with Crippen molar-refractivity contribution in [1.29, 1.82) is 0 Å². The topological polar surface area (TPSA) is 33.2 Å². The van der Waals surface area contributed by atoms with Gasteiger partial charge in [0.25, 0.3) is 0 Å². The van der Waals surface area contributed by atoms with Crippen molar-refractivity contribution in [3.63, 3.8) is 0 Å². The Morgan fingerprint density at radius 2 is 2.43 bits per heavy atom. The normalized spacial score (nSPS) is 21.7. The molecule has 3 nitrogen and oxygen atoms in total. The minimum absolute atomic E-state index is 0.0544. The first-order valence-corrected chi connectivity index (χ1v) is 5.46. The van der Waals surface area contributed by atoms with E-state index in [0.29, 0.717) is 17.6 Å². The van der Waals surface area contributed by atoms with Crippen molar-refractivity contribution < 1.29 is 4.79 Å². The SMILES string of the molecule is O=C1CC(Cl)CN1c1cccnc1Br. The molecule has 0 aliphatic carbocycles. The molecule has 1 aliphatic rings. The Morgan fingerprint density at radius 3 is 3.00 bits per heavy atom. The van der Waals surface area contributed by atoms with Crippen LogP contribution in [0, 0.1) is 0 Å². The molecule has 0 radical (unpaired) electrons. The first kappa shape index (κ1) is 9.93. The highest BCUT2D eigenvalue weighted by Gasteiger charge is 2.30. The van der Waals surface area contributed by atoms with Gasteiger partial charge in [0.2, 0.25) is 5.91 Å². The van der Waals surface area contributed by atoms with Crippen LogP contribution in [0.15, 0.2) is 22.9 Å². The van der Waals surface area contributed by atoms with E-state index in [2.05, 4.69) is 20.9 Å². The zero-order chi connectivity index (χ0) is 10.1. The molecule has 74 valence electrons. The molecule has 2 rings (SSSR count). The van der Waals surface area contributed by atoms with Crippen molar-refractivity contribution in [2.45, 2.75) is 11.8 Å². The van der Waals surface area contributed by atoms with E-state index in [1.807, 2.05) is 6.07 Å². The Balaban J connectivity index is 2.32. The van der Waals surface area contributed by atoms with Gasteiger partial charge in [-0.25, -0.2) is 4.98 Å². The molecule has 1 saturated heterocycles. The number of carbonyl (C=O) groups excluding carboxylic acids is 1. The van der Waals surface area contributed by atoms with Gasteiger partial charge < -0.3 is 4.90 Å². The van der Waals surface area contributed by atoms with Crippen LogP contribution in [0.25, 0.3) is 0 Å². The summed E-state index contributed by atoms with van der Waals surface area (Å²) in [6.45, 7) is 0.560. The van der Waals surface area contributed by atoms with Gasteiger partial charge in [0.1, 0.15) is 4.60 Å². The van der Waals surface area contributed by atoms with Crippen molar-refractivity contribution in [3.05, 3.63) is 22.9 Å². The number of hydrogen-bond acceptors (Lipinski definition) is 2. The lowest BCUT2D eigenvalue weighted by molar-refractivity contribution is -0.117. The number of amides is 1. The second kappa shape index (κ2) is 3.87. The van der Waals surface area contributed by atoms with E-state index in [4.69, 9.17) is 11.6 Å². The van der Waals surface area contributed by atoms with Gasteiger partial charge in [0, 0.05) is 19.2 Å². The van der Waals surface area contributed by atoms with Crippen molar-refractivity contribution in [2.24, 2.45) is 0 Å². The molecule has 1 unspecified atom stereocenters. The maximum Gasteiger partial charge on any atom is 0.228 e. The Morgan fingerprint density at radius 1 is 1.64 bits per heavy atom. The number of rotatable bonds is 1. The fourth-order valence-electron chi connectivity index (χ4n) is 1.48. The number of aromatic nitrogens is 1. The standard InChI is InChI=1S/C9H8BrClN2O/c10-9-7(2-1-3-12-9)13-5-6(11)4-8(13)14/h1-3,6H,4-5H2. The monoisotopic (exact) mass is 274 g/mol. The smallest absolute Gasteiger partial charge is 0.228 e. The zero-order valence-electron chi connectivity index (χ0n) is 7.28. The van der Waals surface area contributed by atoms with Crippen LogP contribution in [0.3, 0.4) is 0 Å². The number of anilines is 1. The van der Waals surface area contributed by atoms with Gasteiger partial charge in [0.05, 0.1) is 11.1 Å². The van der Waals surface area contributed by atoms with Crippen LogP contribution in [0.5, 0.6) is 0 Å². The Labute approximate surface area is 95.2 Å². The van der Waals surface area contributed by atoms with Gasteiger partial charge in [-0.2, -0.15) is 0 Å². The van der Waals surface area contributed by atoms with E-state index in [1.54, 1.807) is 17.2 Å². The lowest BCUT2D eigenvalue weighted by Gasteiger charge is -2.16. The van der Waals surface area contributed by atoms with Gasteiger partial charge in [-0.05, 0) is 28.1 Å². The fraction of sp³-hybridized carbons (Fsp3) is 0.333. The van der Waals surface area contributed by atoms with Crippen LogP contribution in [-0.4, -0.2) is 22.8 Å². The molecule has 1 aliphatic heterocycles. The van der Waals surface area contributed by atoms with E-state index in [-0.39, 0.29) is 11.3 Å². The van der Waals surface area contributed by atoms with Gasteiger partial charge in [-0.3, -0.25) is 4.79 Å². The molecule has 0 saturated carbocycles. The summed E-state index contributed by atoms with van der Waals surface area (Å²) >= 11 is 9.21. The summed E-state index contributed by atoms with van der Waals surface area (Å²) in [5, 5.41) is -0.0883. The number of nitrogens with zero attached hydrogens (tertiary/aromatic N) is 2. The summed E-state index contributed by atoms with van der Waals surface area (Å²) in [5.74, 6) is 0.0544. The minimum atomic E-state index is -0.0883. The molecular formula is C9H8BrClN2O. The van der Waals surface area contributed by atoms with E-state index in [1.165, 1.54) is 0 Å². The lowest BCUT2D eigenvalue weighted by Crippen LogP contribution is -2.25. The molecule has 14 heavy (non-hydrogen) atoms. The zero-order valence-corrected chi connectivity index (χ0v) is 9.62. The third kappa shape index (κ3) is 1.77. The summed E-state index contributed by atoms with van der Waals surface area (Å²) in [6, 6.07) is 3.65. The van der Waals surface area contributed by atoms with Crippen molar-refractivity contribution in [3.8, 4) is 0 Å². The summed E-state index contributed by atoms with van der Waals surface area (Å²) in [5.41, 5.74) is 0.792. The second-order valence-electron chi connectivity index (χ2n) is 3.12. The largest absolute Gasteiger partial charge is 0.308 e. The van der Waals surface area contributed by atoms with Gasteiger partial charge >= 0.3 is 0 Å². The van der Waals surface area contributed by atoms with Crippen LogP contribution in [0.4, 0.5) is 5.69 Å². The molecule has 0 aromatic carbocycles. The highest BCUT2D eigenvalue weighted by molar-refractivity contribution is 9.10. The van der Waals surface area contributed by atoms with Crippen LogP contribution in [-0.2, 0) is 4.79 Å². The number of carbonyl (C=O) groups is 1. The maximum atomic E-state index is 11.5. The van der Waals surface area contributed by atoms with E-state index >= 15 is 0 Å². The number of pyridine rings is 1. The number of hydrogen-bond donors (Lipinski definition) is 0. The second-order valence-corrected chi connectivity index (χ2v) is 4.49. The van der Waals surface area contributed by atoms with Crippen LogP contribution in [0.1, 0.15) is 6.42 Å². The van der Waals surface area contributed by atoms with Crippen LogP contribution >= 0.6 is 27.5 Å². The summed E-state index contributed by atoms with van der Waals surface area (Å²) in [7, 11) is 0. The molecule has 0 bridgehead atoms. The lowest BCUT2D eigenvalue weighted by atomic mass is 10.4. The van der Waals surface area contributed by atoms with Crippen molar-refractivity contribution in [2.75, 3.05) is 11.4 Å². The van der Waals surface area contributed by atoms with Gasteiger partial charge in [0.15, 0.2) is 0 Å². The third-order valence-electron chi connectivity index (χ3n) is 2.11. The molecule has 0 spiro atoms. The Hall–Kier alpha value is -0.610. The average molecular weight is 276 g/mol. The first-order valence-electron chi connectivity index (χ1n) is 4.23. The molecule has 1 atom stereocenters. The maximum absolute atomic E-state index is 11.5. The third-order valence-corrected chi connectivity index (χ3v) is 3.01. The Kier molecular flexibility index (Phi) is 2.74. The van der Waals surface area contributed by atoms with Gasteiger partial charge in [-0.15, -0.1) is 11.6 Å². The molecule has 1 fully saturated rings. The van der Waals surface area contributed by atoms with Crippen molar-refractivity contribution >= 4 is 39.1 Å². The molecule has 5 heteroatoms. The Bertz CT molecular complexity index is 372. The summed E-state index contributed by atoms with van der Waals surface area (Å²) in [4.78, 5) is 17.3. The van der Waals surface area contributed by atoms with E-state index in [0.717, 1.165) is 5.69 Å². The molecule has 1 aromatic heterocycles. The summed E-state index contributed by atoms with van der Waals surface area (Å²) in [6.07, 6.45) is 2.08. The molecule has 1 amide bonds. The van der Waals surface area contributed by atoms with E-state index in [9.17, 15) is 4.79 Å². The predicted molar refractivity (Wildman–Crippen MR) is 58.5 cm³/mol. The highest BCUT2D eigenvalue weighted by Crippen LogP contribution is 2.28. The number of alkyl halides is 1. The van der Waals surface area contributed by atoms with E-state index < -0.39 is 0 Å². The number of halogens is 2. The molecule has 0 N–H and O–H groups in total.